The summed E-state index contributed by atoms with van der Waals surface area (Å²) >= 11 is 2.07. The number of hydrogen-bond donors (Lipinski definition) is 1. The van der Waals surface area contributed by atoms with E-state index in [4.69, 9.17) is 5.73 Å². The third-order valence-corrected chi connectivity index (χ3v) is 4.98. The van der Waals surface area contributed by atoms with Gasteiger partial charge in [0.15, 0.2) is 0 Å². The molecule has 0 radical (unpaired) electrons. The molecular weight excluding hydrogens is 206 g/mol. The van der Waals surface area contributed by atoms with Gasteiger partial charge in [-0.2, -0.15) is 11.8 Å². The average molecular weight is 229 g/mol. The number of nitrogens with zero attached hydrogens (tertiary/aromatic N) is 2. The molecule has 2 unspecified atom stereocenters. The summed E-state index contributed by atoms with van der Waals surface area (Å²) in [5, 5.41) is 0. The minimum atomic E-state index is 0.273. The van der Waals surface area contributed by atoms with Crippen molar-refractivity contribution in [2.45, 2.75) is 24.9 Å². The van der Waals surface area contributed by atoms with Crippen LogP contribution in [0.2, 0.25) is 0 Å². The fourth-order valence-corrected chi connectivity index (χ4v) is 3.84. The second kappa shape index (κ2) is 4.62. The number of hydrogen-bond acceptors (Lipinski definition) is 4. The molecule has 15 heavy (non-hydrogen) atoms. The number of likely N-dealkylation sites (tertiary alicyclic amines) is 1. The predicted molar refractivity (Wildman–Crippen MR) is 67.4 cm³/mol. The Morgan fingerprint density at radius 3 is 2.53 bits per heavy atom. The lowest BCUT2D eigenvalue weighted by Crippen LogP contribution is -2.57. The molecule has 0 bridgehead atoms. The molecule has 2 heterocycles. The molecule has 2 atom stereocenters. The molecule has 0 aromatic carbocycles. The van der Waals surface area contributed by atoms with Crippen LogP contribution in [0.5, 0.6) is 0 Å². The molecule has 88 valence electrons. The van der Waals surface area contributed by atoms with Crippen molar-refractivity contribution >= 4 is 11.8 Å². The first kappa shape index (κ1) is 11.7. The first-order valence-corrected chi connectivity index (χ1v) is 7.06. The van der Waals surface area contributed by atoms with Gasteiger partial charge in [0.2, 0.25) is 0 Å². The fraction of sp³-hybridized carbons (Fsp3) is 1.00. The molecule has 0 aromatic heterocycles. The minimum absolute atomic E-state index is 0.273. The summed E-state index contributed by atoms with van der Waals surface area (Å²) in [5.74, 6) is 2.56. The van der Waals surface area contributed by atoms with E-state index in [-0.39, 0.29) is 5.54 Å². The highest BCUT2D eigenvalue weighted by Gasteiger charge is 2.44. The highest BCUT2D eigenvalue weighted by Crippen LogP contribution is 2.32. The molecule has 2 N–H and O–H groups in total. The summed E-state index contributed by atoms with van der Waals surface area (Å²) < 4.78 is 0. The Balaban J connectivity index is 2.07. The van der Waals surface area contributed by atoms with Crippen LogP contribution in [0.25, 0.3) is 0 Å². The summed E-state index contributed by atoms with van der Waals surface area (Å²) in [5.41, 5.74) is 6.32. The van der Waals surface area contributed by atoms with Gasteiger partial charge in [0.05, 0.1) is 0 Å². The molecule has 2 saturated heterocycles. The van der Waals surface area contributed by atoms with Gasteiger partial charge in [0, 0.05) is 49.3 Å². The van der Waals surface area contributed by atoms with E-state index in [1.165, 1.54) is 31.0 Å². The second-order valence-electron chi connectivity index (χ2n) is 5.00. The van der Waals surface area contributed by atoms with Crippen molar-refractivity contribution < 1.29 is 0 Å². The molecule has 2 fully saturated rings. The van der Waals surface area contributed by atoms with E-state index in [0.717, 1.165) is 13.1 Å². The van der Waals surface area contributed by atoms with Gasteiger partial charge in [-0.25, -0.2) is 0 Å². The van der Waals surface area contributed by atoms with Crippen LogP contribution in [-0.2, 0) is 0 Å². The number of nitrogens with two attached hydrogens (primary N) is 1. The van der Waals surface area contributed by atoms with Gasteiger partial charge < -0.3 is 10.6 Å². The van der Waals surface area contributed by atoms with Crippen LogP contribution in [-0.4, -0.2) is 66.1 Å². The van der Waals surface area contributed by atoms with Gasteiger partial charge in [0.25, 0.3) is 0 Å². The third-order valence-electron chi connectivity index (χ3n) is 4.03. The highest BCUT2D eigenvalue weighted by molar-refractivity contribution is 7.99. The lowest BCUT2D eigenvalue weighted by Gasteiger charge is -2.42. The first-order valence-electron chi connectivity index (χ1n) is 5.91. The van der Waals surface area contributed by atoms with Gasteiger partial charge in [-0.1, -0.05) is 0 Å². The van der Waals surface area contributed by atoms with Crippen LogP contribution in [0.4, 0.5) is 0 Å². The SMILES string of the molecule is CC1CC(CN)(N2CCSCC2)CN1C. The molecule has 2 rings (SSSR count). The molecule has 0 aliphatic carbocycles. The van der Waals surface area contributed by atoms with Gasteiger partial charge in [-0.15, -0.1) is 0 Å². The van der Waals surface area contributed by atoms with Crippen molar-refractivity contribution in [3.8, 4) is 0 Å². The van der Waals surface area contributed by atoms with E-state index in [0.29, 0.717) is 6.04 Å². The number of rotatable bonds is 2. The van der Waals surface area contributed by atoms with E-state index in [2.05, 4.69) is 35.5 Å². The summed E-state index contributed by atoms with van der Waals surface area (Å²) in [7, 11) is 2.22. The van der Waals surface area contributed by atoms with Gasteiger partial charge in [-0.3, -0.25) is 4.90 Å². The van der Waals surface area contributed by atoms with E-state index in [1.807, 2.05) is 0 Å². The standard InChI is InChI=1S/C11H23N3S/c1-10-7-11(8-12,9-13(10)2)14-3-5-15-6-4-14/h10H,3-9,12H2,1-2H3. The topological polar surface area (TPSA) is 32.5 Å². The van der Waals surface area contributed by atoms with Crippen LogP contribution in [0.1, 0.15) is 13.3 Å². The zero-order valence-electron chi connectivity index (χ0n) is 9.91. The molecule has 0 spiro atoms. The van der Waals surface area contributed by atoms with Crippen molar-refractivity contribution in [3.05, 3.63) is 0 Å². The van der Waals surface area contributed by atoms with E-state index in [1.54, 1.807) is 0 Å². The predicted octanol–water partition coefficient (Wildman–Crippen LogP) is 0.457. The van der Waals surface area contributed by atoms with Crippen LogP contribution in [0.3, 0.4) is 0 Å². The Morgan fingerprint density at radius 1 is 1.40 bits per heavy atom. The van der Waals surface area contributed by atoms with Crippen LogP contribution < -0.4 is 5.73 Å². The van der Waals surface area contributed by atoms with E-state index >= 15 is 0 Å². The maximum Gasteiger partial charge on any atom is 0.0473 e. The van der Waals surface area contributed by atoms with Crippen molar-refractivity contribution in [1.29, 1.82) is 0 Å². The second-order valence-corrected chi connectivity index (χ2v) is 6.22. The Hall–Kier alpha value is 0.230. The van der Waals surface area contributed by atoms with E-state index < -0.39 is 0 Å². The highest BCUT2D eigenvalue weighted by atomic mass is 32.2. The Labute approximate surface area is 97.4 Å². The molecule has 2 aliphatic heterocycles. The first-order chi connectivity index (χ1) is 7.18. The third kappa shape index (κ3) is 2.18. The molecule has 4 heteroatoms. The molecule has 0 amide bonds. The van der Waals surface area contributed by atoms with Crippen molar-refractivity contribution in [2.75, 3.05) is 44.7 Å². The largest absolute Gasteiger partial charge is 0.329 e. The molecule has 0 aromatic rings. The maximum absolute atomic E-state index is 6.05. The van der Waals surface area contributed by atoms with Crippen LogP contribution >= 0.6 is 11.8 Å². The zero-order chi connectivity index (χ0) is 10.9. The van der Waals surface area contributed by atoms with E-state index in [9.17, 15) is 0 Å². The van der Waals surface area contributed by atoms with Crippen LogP contribution in [0, 0.1) is 0 Å². The van der Waals surface area contributed by atoms with Crippen molar-refractivity contribution in [2.24, 2.45) is 5.73 Å². The summed E-state index contributed by atoms with van der Waals surface area (Å²) in [4.78, 5) is 5.10. The Morgan fingerprint density at radius 2 is 2.07 bits per heavy atom. The van der Waals surface area contributed by atoms with Gasteiger partial charge in [0.1, 0.15) is 0 Å². The Bertz CT molecular complexity index is 206. The fourth-order valence-electron chi connectivity index (χ4n) is 2.93. The van der Waals surface area contributed by atoms with Crippen LogP contribution in [0.15, 0.2) is 0 Å². The normalized spacial score (nSPS) is 39.8. The number of likely N-dealkylation sites (N-methyl/N-ethyl adjacent to an activating group) is 1. The molecule has 2 aliphatic rings. The minimum Gasteiger partial charge on any atom is -0.329 e. The van der Waals surface area contributed by atoms with Gasteiger partial charge in [-0.05, 0) is 20.4 Å². The number of thioether (sulfide) groups is 1. The summed E-state index contributed by atoms with van der Waals surface area (Å²) in [6.45, 7) is 6.72. The lowest BCUT2D eigenvalue weighted by molar-refractivity contribution is 0.114. The maximum atomic E-state index is 6.05. The quantitative estimate of drug-likeness (QED) is 0.745. The summed E-state index contributed by atoms with van der Waals surface area (Å²) in [6.07, 6.45) is 1.24. The summed E-state index contributed by atoms with van der Waals surface area (Å²) in [6, 6.07) is 0.683. The zero-order valence-corrected chi connectivity index (χ0v) is 10.7. The van der Waals surface area contributed by atoms with Gasteiger partial charge >= 0.3 is 0 Å². The molecule has 0 saturated carbocycles. The average Bonchev–Trinajstić information content (AvgIpc) is 2.57. The smallest absolute Gasteiger partial charge is 0.0473 e. The van der Waals surface area contributed by atoms with Crippen molar-refractivity contribution in [1.82, 2.24) is 9.80 Å². The Kier molecular flexibility index (Phi) is 3.60. The molecule has 3 nitrogen and oxygen atoms in total. The lowest BCUT2D eigenvalue weighted by atomic mass is 9.94. The molecular formula is C11H23N3S. The van der Waals surface area contributed by atoms with Crippen molar-refractivity contribution in [3.63, 3.8) is 0 Å². The monoisotopic (exact) mass is 229 g/mol.